The van der Waals surface area contributed by atoms with Gasteiger partial charge >= 0.3 is 0 Å². The van der Waals surface area contributed by atoms with Gasteiger partial charge in [-0.2, -0.15) is 0 Å². The number of aldehydes is 2. The summed E-state index contributed by atoms with van der Waals surface area (Å²) in [5.74, 6) is 0. The maximum Gasteiger partial charge on any atom is 0.150 e. The first-order valence-corrected chi connectivity index (χ1v) is 6.94. The van der Waals surface area contributed by atoms with E-state index in [1.165, 1.54) is 5.56 Å². The molecule has 0 saturated carbocycles. The topological polar surface area (TPSA) is 34.1 Å². The SMILES string of the molecule is O=Cc1ccc(-c2ccccc2)cc1.O=Cc1ccccc1. The first-order valence-electron chi connectivity index (χ1n) is 6.94. The van der Waals surface area contributed by atoms with Crippen molar-refractivity contribution in [2.24, 2.45) is 0 Å². The van der Waals surface area contributed by atoms with Crippen LogP contribution in [-0.2, 0) is 0 Å². The molecule has 0 aliphatic heterocycles. The van der Waals surface area contributed by atoms with E-state index in [0.717, 1.165) is 23.7 Å². The Kier molecular flexibility index (Phi) is 5.82. The summed E-state index contributed by atoms with van der Waals surface area (Å²) in [6.07, 6.45) is 1.69. The molecule has 3 aromatic rings. The standard InChI is InChI=1S/C13H10O.C7H6O/c14-10-11-6-8-13(9-7-11)12-4-2-1-3-5-12;8-6-7-4-2-1-3-5-7/h1-10H;1-6H. The Bertz CT molecular complexity index is 702. The number of carbonyl (C=O) groups is 2. The molecule has 0 bridgehead atoms. The van der Waals surface area contributed by atoms with Crippen LogP contribution in [0, 0.1) is 0 Å². The van der Waals surface area contributed by atoms with Crippen molar-refractivity contribution < 1.29 is 9.59 Å². The molecule has 0 saturated heterocycles. The van der Waals surface area contributed by atoms with Crippen molar-refractivity contribution >= 4 is 12.6 Å². The van der Waals surface area contributed by atoms with Crippen molar-refractivity contribution in [1.29, 1.82) is 0 Å². The summed E-state index contributed by atoms with van der Waals surface area (Å²) in [7, 11) is 0. The van der Waals surface area contributed by atoms with Gasteiger partial charge in [0, 0.05) is 11.1 Å². The van der Waals surface area contributed by atoms with Gasteiger partial charge in [-0.3, -0.25) is 9.59 Å². The summed E-state index contributed by atoms with van der Waals surface area (Å²) in [4.78, 5) is 20.5. The van der Waals surface area contributed by atoms with Gasteiger partial charge in [-0.25, -0.2) is 0 Å². The maximum atomic E-state index is 10.5. The molecule has 0 N–H and O–H groups in total. The molecule has 0 aliphatic rings. The summed E-state index contributed by atoms with van der Waals surface area (Å²) < 4.78 is 0. The molecule has 0 radical (unpaired) electrons. The van der Waals surface area contributed by atoms with Crippen molar-refractivity contribution in [2.45, 2.75) is 0 Å². The van der Waals surface area contributed by atoms with E-state index in [1.54, 1.807) is 12.1 Å². The molecule has 0 fully saturated rings. The molecule has 0 heterocycles. The summed E-state index contributed by atoms with van der Waals surface area (Å²) in [6, 6.07) is 26.8. The minimum atomic E-state index is 0.713. The monoisotopic (exact) mass is 288 g/mol. The number of hydrogen-bond acceptors (Lipinski definition) is 2. The Morgan fingerprint density at radius 1 is 0.455 bits per heavy atom. The minimum absolute atomic E-state index is 0.713. The van der Waals surface area contributed by atoms with Gasteiger partial charge < -0.3 is 0 Å². The minimum Gasteiger partial charge on any atom is -0.298 e. The lowest BCUT2D eigenvalue weighted by Gasteiger charge is -2.00. The van der Waals surface area contributed by atoms with E-state index < -0.39 is 0 Å². The van der Waals surface area contributed by atoms with Crippen molar-refractivity contribution in [3.05, 3.63) is 96.1 Å². The van der Waals surface area contributed by atoms with Gasteiger partial charge in [0.15, 0.2) is 0 Å². The molecule has 108 valence electrons. The predicted molar refractivity (Wildman–Crippen MR) is 89.1 cm³/mol. The summed E-state index contributed by atoms with van der Waals surface area (Å²) in [6.45, 7) is 0. The molecular formula is C20H16O2. The van der Waals surface area contributed by atoms with Crippen LogP contribution in [0.4, 0.5) is 0 Å². The second-order valence-electron chi connectivity index (χ2n) is 4.63. The van der Waals surface area contributed by atoms with E-state index in [2.05, 4.69) is 12.1 Å². The summed E-state index contributed by atoms with van der Waals surface area (Å²) in [5.41, 5.74) is 3.75. The van der Waals surface area contributed by atoms with Gasteiger partial charge in [-0.05, 0) is 11.1 Å². The second-order valence-corrected chi connectivity index (χ2v) is 4.63. The normalized spacial score (nSPS) is 9.27. The molecular weight excluding hydrogens is 272 g/mol. The van der Waals surface area contributed by atoms with E-state index in [0.29, 0.717) is 5.56 Å². The van der Waals surface area contributed by atoms with Crippen LogP contribution in [0.5, 0.6) is 0 Å². The molecule has 0 spiro atoms. The predicted octanol–water partition coefficient (Wildman–Crippen LogP) is 4.67. The highest BCUT2D eigenvalue weighted by molar-refractivity contribution is 5.76. The summed E-state index contributed by atoms with van der Waals surface area (Å²) in [5, 5.41) is 0. The molecule has 0 atom stereocenters. The third kappa shape index (κ3) is 4.53. The fraction of sp³-hybridized carbons (Fsp3) is 0. The molecule has 3 aromatic carbocycles. The third-order valence-corrected chi connectivity index (χ3v) is 3.09. The highest BCUT2D eigenvalue weighted by atomic mass is 16.1. The zero-order valence-corrected chi connectivity index (χ0v) is 12.1. The number of benzene rings is 3. The number of carbonyl (C=O) groups excluding carboxylic acids is 2. The Hall–Kier alpha value is -3.00. The second kappa shape index (κ2) is 8.32. The molecule has 0 aromatic heterocycles. The highest BCUT2D eigenvalue weighted by Crippen LogP contribution is 2.18. The van der Waals surface area contributed by atoms with Crippen molar-refractivity contribution in [1.82, 2.24) is 0 Å². The van der Waals surface area contributed by atoms with Gasteiger partial charge in [0.05, 0.1) is 0 Å². The quantitative estimate of drug-likeness (QED) is 0.656. The van der Waals surface area contributed by atoms with Gasteiger partial charge in [-0.1, -0.05) is 84.9 Å². The molecule has 3 rings (SSSR count). The molecule has 0 unspecified atom stereocenters. The largest absolute Gasteiger partial charge is 0.298 e. The third-order valence-electron chi connectivity index (χ3n) is 3.09. The average Bonchev–Trinajstić information content (AvgIpc) is 2.64. The fourth-order valence-electron chi connectivity index (χ4n) is 1.92. The van der Waals surface area contributed by atoms with E-state index in [-0.39, 0.29) is 0 Å². The van der Waals surface area contributed by atoms with Gasteiger partial charge in [0.1, 0.15) is 12.6 Å². The summed E-state index contributed by atoms with van der Waals surface area (Å²) >= 11 is 0. The highest BCUT2D eigenvalue weighted by Gasteiger charge is 1.95. The first-order chi connectivity index (χ1) is 10.8. The van der Waals surface area contributed by atoms with Crippen LogP contribution < -0.4 is 0 Å². The maximum absolute atomic E-state index is 10.5. The molecule has 2 nitrogen and oxygen atoms in total. The van der Waals surface area contributed by atoms with E-state index in [1.807, 2.05) is 60.7 Å². The Morgan fingerprint density at radius 3 is 1.32 bits per heavy atom. The van der Waals surface area contributed by atoms with E-state index >= 15 is 0 Å². The van der Waals surface area contributed by atoms with Crippen LogP contribution in [0.2, 0.25) is 0 Å². The van der Waals surface area contributed by atoms with E-state index in [4.69, 9.17) is 0 Å². The van der Waals surface area contributed by atoms with E-state index in [9.17, 15) is 9.59 Å². The molecule has 22 heavy (non-hydrogen) atoms. The Morgan fingerprint density at radius 2 is 0.864 bits per heavy atom. The van der Waals surface area contributed by atoms with Crippen LogP contribution in [0.25, 0.3) is 11.1 Å². The fourth-order valence-corrected chi connectivity index (χ4v) is 1.92. The van der Waals surface area contributed by atoms with Crippen molar-refractivity contribution in [3.63, 3.8) is 0 Å². The Labute approximate surface area is 130 Å². The number of hydrogen-bond donors (Lipinski definition) is 0. The van der Waals surface area contributed by atoms with Crippen molar-refractivity contribution in [2.75, 3.05) is 0 Å². The average molecular weight is 288 g/mol. The van der Waals surface area contributed by atoms with Crippen LogP contribution in [-0.4, -0.2) is 12.6 Å². The zero-order valence-electron chi connectivity index (χ0n) is 12.1. The molecule has 0 aliphatic carbocycles. The number of rotatable bonds is 3. The smallest absolute Gasteiger partial charge is 0.150 e. The van der Waals surface area contributed by atoms with Gasteiger partial charge in [0.25, 0.3) is 0 Å². The lowest BCUT2D eigenvalue weighted by molar-refractivity contribution is 0.111. The Balaban J connectivity index is 0.000000188. The van der Waals surface area contributed by atoms with Crippen LogP contribution in [0.3, 0.4) is 0 Å². The zero-order chi connectivity index (χ0) is 15.6. The van der Waals surface area contributed by atoms with Crippen LogP contribution in [0.15, 0.2) is 84.9 Å². The molecule has 2 heteroatoms. The van der Waals surface area contributed by atoms with Crippen molar-refractivity contribution in [3.8, 4) is 11.1 Å². The van der Waals surface area contributed by atoms with Gasteiger partial charge in [-0.15, -0.1) is 0 Å². The lowest BCUT2D eigenvalue weighted by Crippen LogP contribution is -1.80. The van der Waals surface area contributed by atoms with Crippen LogP contribution in [0.1, 0.15) is 20.7 Å². The first kappa shape index (κ1) is 15.4. The lowest BCUT2D eigenvalue weighted by atomic mass is 10.0. The van der Waals surface area contributed by atoms with Crippen LogP contribution >= 0.6 is 0 Å². The molecule has 0 amide bonds. The van der Waals surface area contributed by atoms with Gasteiger partial charge in [0.2, 0.25) is 0 Å².